The normalized spacial score (nSPS) is 10.4. The van der Waals surface area contributed by atoms with Gasteiger partial charge in [-0.05, 0) is 27.7 Å². The zero-order chi connectivity index (χ0) is 11.1. The smallest absolute Gasteiger partial charge is 0.321 e. The summed E-state index contributed by atoms with van der Waals surface area (Å²) in [5.74, 6) is -0.267. The van der Waals surface area contributed by atoms with Gasteiger partial charge in [0, 0.05) is 6.04 Å². The van der Waals surface area contributed by atoms with Crippen molar-refractivity contribution in [1.29, 1.82) is 0 Å². The van der Waals surface area contributed by atoms with Crippen LogP contribution in [0, 0.1) is 0 Å². The molecule has 0 saturated carbocycles. The number of amides is 3. The van der Waals surface area contributed by atoms with E-state index in [9.17, 15) is 9.59 Å². The molecule has 5 heteroatoms. The van der Waals surface area contributed by atoms with Crippen molar-refractivity contribution < 1.29 is 14.9 Å². The second kappa shape index (κ2) is 6.37. The zero-order valence-corrected chi connectivity index (χ0v) is 9.26. The van der Waals surface area contributed by atoms with Gasteiger partial charge in [-0.1, -0.05) is 0 Å². The molecular weight excluding hydrogens is 182 g/mol. The third-order valence-corrected chi connectivity index (χ3v) is 1.45. The average molecular weight is 202 g/mol. The fourth-order valence-electron chi connectivity index (χ4n) is 0.819. The van der Waals surface area contributed by atoms with Crippen molar-refractivity contribution in [3.05, 3.63) is 0 Å². The molecule has 0 heterocycles. The van der Waals surface area contributed by atoms with Crippen LogP contribution in [0.1, 0.15) is 27.7 Å². The van der Waals surface area contributed by atoms with Crippen LogP contribution in [0.15, 0.2) is 0 Å². The highest BCUT2D eigenvalue weighted by atomic mass is 16.2. The van der Waals surface area contributed by atoms with Gasteiger partial charge in [-0.15, -0.1) is 0 Å². The highest BCUT2D eigenvalue weighted by Gasteiger charge is 2.10. The van der Waals surface area contributed by atoms with Gasteiger partial charge in [-0.2, -0.15) is 0 Å². The number of rotatable bonds is 4. The van der Waals surface area contributed by atoms with Crippen LogP contribution in [-0.2, 0) is 4.79 Å². The molecule has 0 aromatic rings. The number of carbonyl (C=O) groups excluding carboxylic acids is 2. The number of nitrogens with two attached hydrogens (primary N) is 1. The molecule has 0 rings (SSSR count). The van der Waals surface area contributed by atoms with Crippen LogP contribution in [-0.4, -0.2) is 30.6 Å². The summed E-state index contributed by atoms with van der Waals surface area (Å²) in [7, 11) is 0. The number of hydrogen-bond donors (Lipinski definition) is 3. The number of urea groups is 1. The fourth-order valence-corrected chi connectivity index (χ4v) is 0.819. The lowest BCUT2D eigenvalue weighted by atomic mass is 10.4. The fraction of sp³-hybridized carbons (Fsp3) is 0.778. The van der Waals surface area contributed by atoms with Gasteiger partial charge in [-0.3, -0.25) is 10.1 Å². The van der Waals surface area contributed by atoms with Gasteiger partial charge in [0.25, 0.3) is 5.91 Å². The van der Waals surface area contributed by atoms with E-state index in [1.165, 1.54) is 0 Å². The second-order valence-corrected chi connectivity index (χ2v) is 3.86. The van der Waals surface area contributed by atoms with E-state index in [-0.39, 0.29) is 18.5 Å². The lowest BCUT2D eigenvalue weighted by molar-refractivity contribution is -0.672. The molecule has 5 nitrogen and oxygen atoms in total. The van der Waals surface area contributed by atoms with E-state index in [0.29, 0.717) is 6.04 Å². The quantitative estimate of drug-likeness (QED) is 0.558. The third-order valence-electron chi connectivity index (χ3n) is 1.45. The van der Waals surface area contributed by atoms with E-state index >= 15 is 0 Å². The molecule has 0 aliphatic carbocycles. The average Bonchev–Trinajstić information content (AvgIpc) is 1.98. The Morgan fingerprint density at radius 2 is 1.79 bits per heavy atom. The predicted octanol–water partition coefficient (Wildman–Crippen LogP) is -0.808. The van der Waals surface area contributed by atoms with Gasteiger partial charge in [0.1, 0.15) is 0 Å². The van der Waals surface area contributed by atoms with Crippen LogP contribution in [0.2, 0.25) is 0 Å². The number of nitrogens with one attached hydrogen (secondary N) is 2. The van der Waals surface area contributed by atoms with E-state index in [1.807, 2.05) is 33.0 Å². The maximum absolute atomic E-state index is 11.1. The van der Waals surface area contributed by atoms with Gasteiger partial charge < -0.3 is 10.6 Å². The molecule has 0 atom stereocenters. The highest BCUT2D eigenvalue weighted by Crippen LogP contribution is 1.75. The maximum Gasteiger partial charge on any atom is 0.321 e. The second-order valence-electron chi connectivity index (χ2n) is 3.86. The van der Waals surface area contributed by atoms with E-state index in [0.717, 1.165) is 0 Å². The minimum atomic E-state index is -0.429. The minimum Gasteiger partial charge on any atom is -0.336 e. The van der Waals surface area contributed by atoms with Gasteiger partial charge in [0.05, 0.1) is 6.04 Å². The summed E-state index contributed by atoms with van der Waals surface area (Å²) in [5, 5.41) is 6.68. The Bertz CT molecular complexity index is 202. The monoisotopic (exact) mass is 202 g/mol. The first-order chi connectivity index (χ1) is 6.41. The van der Waals surface area contributed by atoms with Gasteiger partial charge >= 0.3 is 6.03 Å². The van der Waals surface area contributed by atoms with Crippen LogP contribution >= 0.6 is 0 Å². The molecule has 0 fully saturated rings. The molecule has 0 saturated heterocycles. The molecule has 0 spiro atoms. The van der Waals surface area contributed by atoms with Crippen molar-refractivity contribution in [3.63, 3.8) is 0 Å². The summed E-state index contributed by atoms with van der Waals surface area (Å²) in [6.45, 7) is 7.93. The van der Waals surface area contributed by atoms with Crippen molar-refractivity contribution in [2.24, 2.45) is 0 Å². The molecule has 0 aliphatic heterocycles. The first-order valence-electron chi connectivity index (χ1n) is 4.85. The van der Waals surface area contributed by atoms with Crippen molar-refractivity contribution in [2.45, 2.75) is 39.8 Å². The summed E-state index contributed by atoms with van der Waals surface area (Å²) < 4.78 is 0. The van der Waals surface area contributed by atoms with Crippen LogP contribution in [0.25, 0.3) is 0 Å². The Hall–Kier alpha value is -1.10. The summed E-state index contributed by atoms with van der Waals surface area (Å²) >= 11 is 0. The molecule has 0 aromatic heterocycles. The summed E-state index contributed by atoms with van der Waals surface area (Å²) in [4.78, 5) is 22.2. The topological polar surface area (TPSA) is 74.8 Å². The van der Waals surface area contributed by atoms with Crippen LogP contribution in [0.5, 0.6) is 0 Å². The first kappa shape index (κ1) is 12.9. The van der Waals surface area contributed by atoms with Crippen molar-refractivity contribution in [1.82, 2.24) is 10.6 Å². The molecule has 3 amide bonds. The Labute approximate surface area is 84.6 Å². The lowest BCUT2D eigenvalue weighted by Gasteiger charge is -2.09. The molecule has 4 N–H and O–H groups in total. The standard InChI is InChI=1S/C9H19N3O2/c1-6(2)10-5-8(13)12-9(14)11-7(3)4/h6-7,10H,5H2,1-4H3,(H2,11,12,13,14)/p+1. The highest BCUT2D eigenvalue weighted by molar-refractivity contribution is 5.94. The Morgan fingerprint density at radius 3 is 2.21 bits per heavy atom. The van der Waals surface area contributed by atoms with Crippen molar-refractivity contribution >= 4 is 11.9 Å². The molecule has 0 aliphatic rings. The summed E-state index contributed by atoms with van der Waals surface area (Å²) in [6.07, 6.45) is 0. The number of imide groups is 1. The van der Waals surface area contributed by atoms with Crippen molar-refractivity contribution in [2.75, 3.05) is 6.54 Å². The molecule has 0 bridgehead atoms. The molecule has 0 unspecified atom stereocenters. The van der Waals surface area contributed by atoms with E-state index in [2.05, 4.69) is 10.6 Å². The van der Waals surface area contributed by atoms with Gasteiger partial charge in [-0.25, -0.2) is 4.79 Å². The van der Waals surface area contributed by atoms with Gasteiger partial charge in [0.2, 0.25) is 0 Å². The maximum atomic E-state index is 11.1. The molecule has 0 radical (unpaired) electrons. The number of hydrogen-bond acceptors (Lipinski definition) is 2. The number of quaternary nitrogens is 1. The SMILES string of the molecule is CC(C)NC(=O)NC(=O)C[NH2+]C(C)C. The van der Waals surface area contributed by atoms with E-state index < -0.39 is 6.03 Å². The molecule has 82 valence electrons. The first-order valence-corrected chi connectivity index (χ1v) is 4.85. The lowest BCUT2D eigenvalue weighted by Crippen LogP contribution is -2.90. The van der Waals surface area contributed by atoms with E-state index in [1.54, 1.807) is 0 Å². The van der Waals surface area contributed by atoms with Crippen LogP contribution < -0.4 is 16.0 Å². The third kappa shape index (κ3) is 7.54. The zero-order valence-electron chi connectivity index (χ0n) is 9.26. The Morgan fingerprint density at radius 1 is 1.21 bits per heavy atom. The Kier molecular flexibility index (Phi) is 5.87. The largest absolute Gasteiger partial charge is 0.336 e. The van der Waals surface area contributed by atoms with Gasteiger partial charge in [0.15, 0.2) is 6.54 Å². The molecular formula is C9H20N3O2+. The van der Waals surface area contributed by atoms with E-state index in [4.69, 9.17) is 0 Å². The Balaban J connectivity index is 3.66. The van der Waals surface area contributed by atoms with Crippen molar-refractivity contribution in [3.8, 4) is 0 Å². The predicted molar refractivity (Wildman–Crippen MR) is 53.7 cm³/mol. The summed E-state index contributed by atoms with van der Waals surface area (Å²) in [5.41, 5.74) is 0. The molecule has 0 aromatic carbocycles. The van der Waals surface area contributed by atoms with Crippen LogP contribution in [0.3, 0.4) is 0 Å². The number of carbonyl (C=O) groups is 2. The van der Waals surface area contributed by atoms with Crippen LogP contribution in [0.4, 0.5) is 4.79 Å². The minimum absolute atomic E-state index is 0.0388. The summed E-state index contributed by atoms with van der Waals surface area (Å²) in [6, 6.07) is -0.0343. The molecule has 14 heavy (non-hydrogen) atoms.